The molecular weight excluding hydrogens is 576 g/mol. The Hall–Kier alpha value is -3.81. The molecule has 0 spiro atoms. The van der Waals surface area contributed by atoms with Crippen molar-refractivity contribution < 1.29 is 45.7 Å². The van der Waals surface area contributed by atoms with Crippen molar-refractivity contribution in [2.24, 2.45) is 20.5 Å². The molecule has 0 aliphatic carbocycles. The number of azo groups is 2. The van der Waals surface area contributed by atoms with Gasteiger partial charge < -0.3 is 5.11 Å². The Bertz CT molecular complexity index is 1810. The van der Waals surface area contributed by atoms with Crippen LogP contribution in [0, 0.1) is 0 Å². The van der Waals surface area contributed by atoms with Crippen LogP contribution in [0.15, 0.2) is 108 Å². The molecule has 0 aliphatic heterocycles. The van der Waals surface area contributed by atoms with E-state index in [-0.39, 0.29) is 27.8 Å². The van der Waals surface area contributed by atoms with Gasteiger partial charge in [-0.1, -0.05) is 29.3 Å². The van der Waals surface area contributed by atoms with Crippen LogP contribution < -0.4 is 0 Å². The zero-order valence-electron chi connectivity index (χ0n) is 19.2. The Balaban J connectivity index is 1.69. The van der Waals surface area contributed by atoms with Gasteiger partial charge in [0.05, 0.1) is 23.4 Å². The quantitative estimate of drug-likeness (QED) is 0.0555. The third kappa shape index (κ3) is 6.80. The standard InChI is InChI=1S/C22H16N4O10S3/c27-22-17-4-2-1-3-16(17)20(38(29,30)31)12-19(22)26-25-18-10-7-14(11-21(18)39(32,33)34)24-23-13-5-8-15(9-6-13)37-36-35-28/h1-12,27-28H,(H,29,30,31)(H,32,33,34). The molecule has 0 amide bonds. The summed E-state index contributed by atoms with van der Waals surface area (Å²) in [6, 6.07) is 16.4. The number of benzene rings is 4. The van der Waals surface area contributed by atoms with Gasteiger partial charge >= 0.3 is 0 Å². The predicted molar refractivity (Wildman–Crippen MR) is 137 cm³/mol. The summed E-state index contributed by atoms with van der Waals surface area (Å²) in [6.45, 7) is 0. The molecule has 39 heavy (non-hydrogen) atoms. The van der Waals surface area contributed by atoms with Crippen LogP contribution in [0.3, 0.4) is 0 Å². The average Bonchev–Trinajstić information content (AvgIpc) is 2.90. The lowest BCUT2D eigenvalue weighted by molar-refractivity contribution is -0.432. The second-order valence-electron chi connectivity index (χ2n) is 7.51. The molecule has 0 atom stereocenters. The fourth-order valence-electron chi connectivity index (χ4n) is 3.30. The number of hydrogen-bond donors (Lipinski definition) is 4. The number of hydrogen-bond acceptors (Lipinski definition) is 13. The molecule has 14 nitrogen and oxygen atoms in total. The molecule has 0 heterocycles. The largest absolute Gasteiger partial charge is 0.505 e. The van der Waals surface area contributed by atoms with E-state index in [1.807, 2.05) is 0 Å². The SMILES string of the molecule is O=S(=O)(O)c1cc(N=Nc2ccc(SOOO)cc2)ccc1N=Nc1cc(S(=O)(=O)O)c2ccccc2c1O. The smallest absolute Gasteiger partial charge is 0.296 e. The van der Waals surface area contributed by atoms with Gasteiger partial charge in [0, 0.05) is 15.7 Å². The number of phenolic OH excluding ortho intramolecular Hbond substituents is 1. The molecule has 0 aromatic heterocycles. The predicted octanol–water partition coefficient (Wildman–Crippen LogP) is 6.30. The zero-order valence-corrected chi connectivity index (χ0v) is 21.6. The normalized spacial score (nSPS) is 12.6. The summed E-state index contributed by atoms with van der Waals surface area (Å²) < 4.78 is 71.4. The highest BCUT2D eigenvalue weighted by atomic mass is 32.2. The van der Waals surface area contributed by atoms with Gasteiger partial charge in [-0.2, -0.15) is 27.1 Å². The van der Waals surface area contributed by atoms with Crippen LogP contribution in [0.4, 0.5) is 22.7 Å². The summed E-state index contributed by atoms with van der Waals surface area (Å²) in [4.78, 5) is -0.657. The molecule has 0 bridgehead atoms. The van der Waals surface area contributed by atoms with Crippen molar-refractivity contribution in [3.63, 3.8) is 0 Å². The van der Waals surface area contributed by atoms with Gasteiger partial charge in [0.1, 0.15) is 21.2 Å². The lowest BCUT2D eigenvalue weighted by atomic mass is 10.1. The molecule has 0 unspecified atom stereocenters. The van der Waals surface area contributed by atoms with Crippen LogP contribution in [-0.2, 0) is 29.6 Å². The second kappa shape index (κ2) is 11.5. The molecular formula is C22H16N4O10S3. The molecule has 4 aromatic carbocycles. The van der Waals surface area contributed by atoms with Gasteiger partial charge in [0.25, 0.3) is 20.2 Å². The first-order valence-corrected chi connectivity index (χ1v) is 14.0. The molecule has 4 rings (SSSR count). The third-order valence-corrected chi connectivity index (χ3v) is 7.37. The Morgan fingerprint density at radius 3 is 1.90 bits per heavy atom. The van der Waals surface area contributed by atoms with E-state index in [0.717, 1.165) is 30.2 Å². The van der Waals surface area contributed by atoms with E-state index in [9.17, 15) is 31.0 Å². The maximum Gasteiger partial charge on any atom is 0.296 e. The van der Waals surface area contributed by atoms with E-state index in [4.69, 9.17) is 5.26 Å². The lowest BCUT2D eigenvalue weighted by Gasteiger charge is -2.08. The van der Waals surface area contributed by atoms with Crippen LogP contribution in [0.25, 0.3) is 10.8 Å². The van der Waals surface area contributed by atoms with Crippen molar-refractivity contribution in [3.8, 4) is 5.75 Å². The first-order valence-electron chi connectivity index (χ1n) is 10.4. The Morgan fingerprint density at radius 1 is 0.667 bits per heavy atom. The maximum atomic E-state index is 12.0. The number of rotatable bonds is 9. The molecule has 0 radical (unpaired) electrons. The minimum atomic E-state index is -4.84. The fraction of sp³-hybridized carbons (Fsp3) is 0. The van der Waals surface area contributed by atoms with E-state index >= 15 is 0 Å². The molecule has 17 heteroatoms. The Labute approximate surface area is 224 Å². The van der Waals surface area contributed by atoms with E-state index in [0.29, 0.717) is 10.6 Å². The van der Waals surface area contributed by atoms with Crippen LogP contribution in [-0.4, -0.2) is 36.3 Å². The Morgan fingerprint density at radius 2 is 1.26 bits per heavy atom. The number of fused-ring (bicyclic) bond motifs is 1. The summed E-state index contributed by atoms with van der Waals surface area (Å²) in [5.41, 5.74) is -0.337. The fourth-order valence-corrected chi connectivity index (χ4v) is 5.02. The van der Waals surface area contributed by atoms with Gasteiger partial charge in [-0.15, -0.1) is 14.6 Å². The first-order chi connectivity index (χ1) is 18.5. The van der Waals surface area contributed by atoms with Crippen molar-refractivity contribution in [1.29, 1.82) is 0 Å². The lowest BCUT2D eigenvalue weighted by Crippen LogP contribution is -1.99. The van der Waals surface area contributed by atoms with Gasteiger partial charge in [-0.05, 0) is 48.5 Å². The molecule has 202 valence electrons. The van der Waals surface area contributed by atoms with E-state index in [2.05, 4.69) is 29.8 Å². The highest BCUT2D eigenvalue weighted by Gasteiger charge is 2.20. The first kappa shape index (κ1) is 28.2. The second-order valence-corrected chi connectivity index (χ2v) is 11.1. The minimum absolute atomic E-state index is 0.0271. The van der Waals surface area contributed by atoms with Crippen molar-refractivity contribution in [3.05, 3.63) is 72.8 Å². The van der Waals surface area contributed by atoms with Crippen molar-refractivity contribution in [2.75, 3.05) is 0 Å². The number of phenols is 1. The molecule has 0 saturated carbocycles. The van der Waals surface area contributed by atoms with Gasteiger partial charge in [0.2, 0.25) is 0 Å². The van der Waals surface area contributed by atoms with Gasteiger partial charge in [0.15, 0.2) is 5.75 Å². The van der Waals surface area contributed by atoms with Crippen LogP contribution in [0.2, 0.25) is 0 Å². The van der Waals surface area contributed by atoms with Crippen LogP contribution in [0.1, 0.15) is 0 Å². The number of aromatic hydroxyl groups is 1. The monoisotopic (exact) mass is 592 g/mol. The van der Waals surface area contributed by atoms with E-state index in [1.165, 1.54) is 30.3 Å². The van der Waals surface area contributed by atoms with Crippen molar-refractivity contribution >= 4 is 65.8 Å². The minimum Gasteiger partial charge on any atom is -0.505 e. The zero-order chi connectivity index (χ0) is 28.2. The molecule has 0 aliphatic rings. The summed E-state index contributed by atoms with van der Waals surface area (Å²) in [6.07, 6.45) is 0. The Kier molecular flexibility index (Phi) is 8.33. The summed E-state index contributed by atoms with van der Waals surface area (Å²) in [5.74, 6) is -0.472. The maximum absolute atomic E-state index is 12.0. The summed E-state index contributed by atoms with van der Waals surface area (Å²) >= 11 is 0.740. The van der Waals surface area contributed by atoms with E-state index in [1.54, 1.807) is 24.3 Å². The molecule has 4 aromatic rings. The number of nitrogens with zero attached hydrogens (tertiary/aromatic N) is 4. The van der Waals surface area contributed by atoms with Crippen LogP contribution >= 0.6 is 12.0 Å². The summed E-state index contributed by atoms with van der Waals surface area (Å²) in [5, 5.41) is 37.8. The highest BCUT2D eigenvalue weighted by molar-refractivity contribution is 7.94. The molecule has 4 N–H and O–H groups in total. The highest BCUT2D eigenvalue weighted by Crippen LogP contribution is 2.40. The van der Waals surface area contributed by atoms with Crippen molar-refractivity contribution in [2.45, 2.75) is 14.7 Å². The van der Waals surface area contributed by atoms with Gasteiger partial charge in [-0.25, -0.2) is 5.26 Å². The summed E-state index contributed by atoms with van der Waals surface area (Å²) in [7, 11) is -9.56. The molecule has 0 saturated heterocycles. The molecule has 0 fully saturated rings. The van der Waals surface area contributed by atoms with Crippen LogP contribution in [0.5, 0.6) is 5.75 Å². The average molecular weight is 593 g/mol. The van der Waals surface area contributed by atoms with E-state index < -0.39 is 35.8 Å². The topological polar surface area (TPSA) is 217 Å². The van der Waals surface area contributed by atoms with Crippen molar-refractivity contribution in [1.82, 2.24) is 0 Å². The third-order valence-electron chi connectivity index (χ3n) is 5.00. The van der Waals surface area contributed by atoms with Gasteiger partial charge in [-0.3, -0.25) is 9.11 Å².